The Labute approximate surface area is 177 Å². The normalized spacial score (nSPS) is 17.3. The first-order valence-corrected chi connectivity index (χ1v) is 10.7. The molecule has 0 aliphatic carbocycles. The standard InChI is InChI=1S/C24H29N3O3/c1-3-4-5-8-13-30-16-11-12-17(21(14-16)29-2)23-22-20(15-25-24(22)28)26-18-9-6-7-10-19(18)27-23/h6-7,9-12,14,23,26-27H,3-5,8,13,15H2,1-2H3,(H,25,28). The molecular weight excluding hydrogens is 378 g/mol. The van der Waals surface area contributed by atoms with Gasteiger partial charge in [-0.25, -0.2) is 0 Å². The lowest BCUT2D eigenvalue weighted by molar-refractivity contribution is -0.116. The molecule has 1 amide bonds. The van der Waals surface area contributed by atoms with Gasteiger partial charge in [0.15, 0.2) is 0 Å². The van der Waals surface area contributed by atoms with Gasteiger partial charge in [0.25, 0.3) is 5.91 Å². The molecule has 0 spiro atoms. The van der Waals surface area contributed by atoms with Crippen molar-refractivity contribution in [2.75, 3.05) is 30.9 Å². The quantitative estimate of drug-likeness (QED) is 0.557. The molecule has 0 saturated heterocycles. The van der Waals surface area contributed by atoms with E-state index in [1.54, 1.807) is 7.11 Å². The topological polar surface area (TPSA) is 71.6 Å². The summed E-state index contributed by atoms with van der Waals surface area (Å²) in [7, 11) is 1.65. The average molecular weight is 408 g/mol. The largest absolute Gasteiger partial charge is 0.496 e. The molecule has 2 aliphatic heterocycles. The van der Waals surface area contributed by atoms with Crippen LogP contribution in [0.3, 0.4) is 0 Å². The number of nitrogens with one attached hydrogen (secondary N) is 3. The zero-order valence-corrected chi connectivity index (χ0v) is 17.6. The Morgan fingerprint density at radius 2 is 1.90 bits per heavy atom. The van der Waals surface area contributed by atoms with Gasteiger partial charge in [-0.05, 0) is 30.7 Å². The van der Waals surface area contributed by atoms with Crippen molar-refractivity contribution in [3.8, 4) is 11.5 Å². The van der Waals surface area contributed by atoms with Crippen LogP contribution in [0.25, 0.3) is 0 Å². The van der Waals surface area contributed by atoms with Crippen LogP contribution in [0.4, 0.5) is 11.4 Å². The van der Waals surface area contributed by atoms with E-state index in [9.17, 15) is 4.79 Å². The number of carbonyl (C=O) groups is 1. The van der Waals surface area contributed by atoms with E-state index in [4.69, 9.17) is 9.47 Å². The number of para-hydroxylation sites is 2. The number of anilines is 2. The van der Waals surface area contributed by atoms with Gasteiger partial charge in [-0.3, -0.25) is 4.79 Å². The molecule has 6 nitrogen and oxygen atoms in total. The molecule has 0 saturated carbocycles. The van der Waals surface area contributed by atoms with Gasteiger partial charge in [0.05, 0.1) is 43.3 Å². The van der Waals surface area contributed by atoms with E-state index in [0.717, 1.165) is 34.8 Å². The second-order valence-electron chi connectivity index (χ2n) is 7.64. The van der Waals surface area contributed by atoms with Crippen LogP contribution in [0.1, 0.15) is 44.2 Å². The number of fused-ring (bicyclic) bond motifs is 1. The maximum Gasteiger partial charge on any atom is 0.251 e. The summed E-state index contributed by atoms with van der Waals surface area (Å²) in [6.07, 6.45) is 4.66. The zero-order valence-electron chi connectivity index (χ0n) is 17.6. The molecule has 0 fully saturated rings. The number of benzene rings is 2. The van der Waals surface area contributed by atoms with Crippen molar-refractivity contribution in [3.05, 3.63) is 59.3 Å². The van der Waals surface area contributed by atoms with E-state index in [1.165, 1.54) is 19.3 Å². The molecule has 2 aromatic rings. The van der Waals surface area contributed by atoms with Gasteiger partial charge in [-0.2, -0.15) is 0 Å². The van der Waals surface area contributed by atoms with E-state index >= 15 is 0 Å². The van der Waals surface area contributed by atoms with Crippen LogP contribution >= 0.6 is 0 Å². The fourth-order valence-corrected chi connectivity index (χ4v) is 3.99. The van der Waals surface area contributed by atoms with Gasteiger partial charge in [-0.1, -0.05) is 38.3 Å². The Morgan fingerprint density at radius 1 is 1.07 bits per heavy atom. The third kappa shape index (κ3) is 4.08. The minimum atomic E-state index is -0.327. The molecule has 0 aromatic heterocycles. The van der Waals surface area contributed by atoms with Crippen molar-refractivity contribution in [1.82, 2.24) is 5.32 Å². The lowest BCUT2D eigenvalue weighted by Gasteiger charge is -2.22. The van der Waals surface area contributed by atoms with Crippen LogP contribution in [-0.2, 0) is 4.79 Å². The minimum Gasteiger partial charge on any atom is -0.496 e. The molecule has 0 radical (unpaired) electrons. The molecule has 2 aliphatic rings. The molecule has 2 heterocycles. The number of hydrogen-bond donors (Lipinski definition) is 3. The Kier molecular flexibility index (Phi) is 6.12. The summed E-state index contributed by atoms with van der Waals surface area (Å²) < 4.78 is 11.6. The number of unbranched alkanes of at least 4 members (excludes halogenated alkanes) is 3. The molecule has 1 unspecified atom stereocenters. The van der Waals surface area contributed by atoms with Crippen LogP contribution in [0, 0.1) is 0 Å². The highest BCUT2D eigenvalue weighted by Crippen LogP contribution is 2.41. The van der Waals surface area contributed by atoms with Crippen LogP contribution in [-0.4, -0.2) is 26.2 Å². The predicted molar refractivity (Wildman–Crippen MR) is 119 cm³/mol. The number of carbonyl (C=O) groups excluding carboxylic acids is 1. The van der Waals surface area contributed by atoms with Crippen LogP contribution < -0.4 is 25.4 Å². The van der Waals surface area contributed by atoms with E-state index in [1.807, 2.05) is 42.5 Å². The van der Waals surface area contributed by atoms with Gasteiger partial charge >= 0.3 is 0 Å². The highest BCUT2D eigenvalue weighted by Gasteiger charge is 2.35. The average Bonchev–Trinajstić information content (AvgIpc) is 3.03. The Balaban J connectivity index is 1.62. The fourth-order valence-electron chi connectivity index (χ4n) is 3.99. The molecular formula is C24H29N3O3. The van der Waals surface area contributed by atoms with Crippen molar-refractivity contribution < 1.29 is 14.3 Å². The molecule has 158 valence electrons. The predicted octanol–water partition coefficient (Wildman–Crippen LogP) is 4.62. The van der Waals surface area contributed by atoms with E-state index in [2.05, 4.69) is 22.9 Å². The number of ether oxygens (including phenoxy) is 2. The first-order valence-electron chi connectivity index (χ1n) is 10.7. The number of hydrogen-bond acceptors (Lipinski definition) is 5. The molecule has 3 N–H and O–H groups in total. The highest BCUT2D eigenvalue weighted by molar-refractivity contribution is 6.01. The Bertz CT molecular complexity index is 954. The van der Waals surface area contributed by atoms with Crippen LogP contribution in [0.2, 0.25) is 0 Å². The summed E-state index contributed by atoms with van der Waals surface area (Å²) in [5.74, 6) is 1.41. The lowest BCUT2D eigenvalue weighted by atomic mass is 9.96. The first kappa shape index (κ1) is 20.1. The third-order valence-corrected chi connectivity index (χ3v) is 5.58. The van der Waals surface area contributed by atoms with Gasteiger partial charge in [-0.15, -0.1) is 0 Å². The molecule has 30 heavy (non-hydrogen) atoms. The van der Waals surface area contributed by atoms with Crippen molar-refractivity contribution in [3.63, 3.8) is 0 Å². The summed E-state index contributed by atoms with van der Waals surface area (Å²) in [5.41, 5.74) is 4.38. The second kappa shape index (κ2) is 9.11. The van der Waals surface area contributed by atoms with E-state index in [-0.39, 0.29) is 11.9 Å². The number of methoxy groups -OCH3 is 1. The van der Waals surface area contributed by atoms with Gasteiger partial charge in [0.1, 0.15) is 11.5 Å². The molecule has 0 bridgehead atoms. The molecule has 6 heteroatoms. The van der Waals surface area contributed by atoms with Crippen molar-refractivity contribution in [2.24, 2.45) is 0 Å². The molecule has 4 rings (SSSR count). The SMILES string of the molecule is CCCCCCOc1ccc(C2Nc3ccccc3NC3=C2C(=O)NC3)c(OC)c1. The summed E-state index contributed by atoms with van der Waals surface area (Å²) >= 11 is 0. The maximum absolute atomic E-state index is 12.7. The molecule has 2 aromatic carbocycles. The smallest absolute Gasteiger partial charge is 0.251 e. The monoisotopic (exact) mass is 407 g/mol. The van der Waals surface area contributed by atoms with Crippen molar-refractivity contribution in [1.29, 1.82) is 0 Å². The zero-order chi connectivity index (χ0) is 20.9. The van der Waals surface area contributed by atoms with Gasteiger partial charge in [0.2, 0.25) is 0 Å². The Morgan fingerprint density at radius 3 is 2.70 bits per heavy atom. The van der Waals surface area contributed by atoms with Crippen LogP contribution in [0.5, 0.6) is 11.5 Å². The van der Waals surface area contributed by atoms with Crippen molar-refractivity contribution in [2.45, 2.75) is 38.6 Å². The van der Waals surface area contributed by atoms with E-state index < -0.39 is 0 Å². The fraction of sp³-hybridized carbons (Fsp3) is 0.375. The second-order valence-corrected chi connectivity index (χ2v) is 7.64. The number of rotatable bonds is 8. The van der Waals surface area contributed by atoms with E-state index in [0.29, 0.717) is 24.5 Å². The first-order chi connectivity index (χ1) is 14.7. The summed E-state index contributed by atoms with van der Waals surface area (Å²) in [5, 5.41) is 9.88. The highest BCUT2D eigenvalue weighted by atomic mass is 16.5. The van der Waals surface area contributed by atoms with Crippen molar-refractivity contribution >= 4 is 17.3 Å². The summed E-state index contributed by atoms with van der Waals surface area (Å²) in [6, 6.07) is 13.5. The maximum atomic E-state index is 12.7. The van der Waals surface area contributed by atoms with Crippen LogP contribution in [0.15, 0.2) is 53.7 Å². The lowest BCUT2D eigenvalue weighted by Crippen LogP contribution is -2.24. The molecule has 1 atom stereocenters. The minimum absolute atomic E-state index is 0.0684. The number of amides is 1. The summed E-state index contributed by atoms with van der Waals surface area (Å²) in [6.45, 7) is 3.38. The Hall–Kier alpha value is -3.15. The van der Waals surface area contributed by atoms with Gasteiger partial charge < -0.3 is 25.4 Å². The third-order valence-electron chi connectivity index (χ3n) is 5.58. The van der Waals surface area contributed by atoms with Gasteiger partial charge in [0, 0.05) is 17.3 Å². The summed E-state index contributed by atoms with van der Waals surface area (Å²) in [4.78, 5) is 12.7.